The van der Waals surface area contributed by atoms with E-state index in [1.807, 2.05) is 0 Å². The number of nitrogens with zero attached hydrogens (tertiary/aromatic N) is 1. The van der Waals surface area contributed by atoms with Gasteiger partial charge in [-0.25, -0.2) is 0 Å². The van der Waals surface area contributed by atoms with Crippen LogP contribution in [0.4, 0.5) is 0 Å². The van der Waals surface area contributed by atoms with Gasteiger partial charge in [0.15, 0.2) is 0 Å². The third-order valence-electron chi connectivity index (χ3n) is 2.05. The molecule has 1 unspecified atom stereocenters. The molecule has 11 heavy (non-hydrogen) atoms. The number of thiocyanates is 1. The summed E-state index contributed by atoms with van der Waals surface area (Å²) in [6.07, 6.45) is 5.13. The van der Waals surface area contributed by atoms with Crippen molar-refractivity contribution in [2.24, 2.45) is 0 Å². The smallest absolute Gasteiger partial charge is 0.133 e. The lowest BCUT2D eigenvalue weighted by molar-refractivity contribution is 0.395. The molecule has 0 spiro atoms. The lowest BCUT2D eigenvalue weighted by Gasteiger charge is -2.22. The maximum atomic E-state index is 8.29. The molecule has 1 N–H and O–H groups in total. The molecule has 62 valence electrons. The normalized spacial score (nSPS) is 24.5. The number of nitriles is 1. The van der Waals surface area contributed by atoms with Crippen LogP contribution in [-0.4, -0.2) is 18.3 Å². The summed E-state index contributed by atoms with van der Waals surface area (Å²) >= 11 is 1.37. The van der Waals surface area contributed by atoms with E-state index in [9.17, 15) is 0 Å². The van der Waals surface area contributed by atoms with E-state index in [4.69, 9.17) is 5.26 Å². The third kappa shape index (κ3) is 3.64. The Hall–Kier alpha value is -0.200. The highest BCUT2D eigenvalue weighted by Crippen LogP contribution is 2.12. The molecule has 0 saturated carbocycles. The molecule has 1 fully saturated rings. The lowest BCUT2D eigenvalue weighted by atomic mass is 10.0. The van der Waals surface area contributed by atoms with Gasteiger partial charge in [0.2, 0.25) is 0 Å². The van der Waals surface area contributed by atoms with Crippen LogP contribution in [0.2, 0.25) is 0 Å². The van der Waals surface area contributed by atoms with Crippen molar-refractivity contribution in [2.45, 2.75) is 31.7 Å². The average Bonchev–Trinajstić information content (AvgIpc) is 2.07. The molecule has 0 radical (unpaired) electrons. The van der Waals surface area contributed by atoms with Gasteiger partial charge in [0, 0.05) is 11.8 Å². The van der Waals surface area contributed by atoms with E-state index in [1.165, 1.54) is 37.6 Å². The summed E-state index contributed by atoms with van der Waals surface area (Å²) < 4.78 is 0. The quantitative estimate of drug-likeness (QED) is 0.517. The summed E-state index contributed by atoms with van der Waals surface area (Å²) in [5.41, 5.74) is 0. The predicted molar refractivity (Wildman–Crippen MR) is 48.3 cm³/mol. The van der Waals surface area contributed by atoms with Crippen LogP contribution in [0.25, 0.3) is 0 Å². The number of hydrogen-bond donors (Lipinski definition) is 1. The Morgan fingerprint density at radius 2 is 2.45 bits per heavy atom. The monoisotopic (exact) mass is 170 g/mol. The van der Waals surface area contributed by atoms with Crippen molar-refractivity contribution >= 4 is 11.8 Å². The number of nitrogens with one attached hydrogen (secondary N) is 1. The van der Waals surface area contributed by atoms with Gasteiger partial charge < -0.3 is 5.32 Å². The van der Waals surface area contributed by atoms with Crippen LogP contribution in [0, 0.1) is 10.7 Å². The molecular formula is C8H14N2S. The molecule has 1 aliphatic heterocycles. The number of piperidine rings is 1. The first-order chi connectivity index (χ1) is 5.43. The van der Waals surface area contributed by atoms with Crippen molar-refractivity contribution < 1.29 is 0 Å². The Morgan fingerprint density at radius 1 is 1.55 bits per heavy atom. The van der Waals surface area contributed by atoms with Gasteiger partial charge in [-0.2, -0.15) is 5.26 Å². The fourth-order valence-corrected chi connectivity index (χ4v) is 1.91. The fourth-order valence-electron chi connectivity index (χ4n) is 1.42. The summed E-state index contributed by atoms with van der Waals surface area (Å²) in [6.45, 7) is 1.17. The first kappa shape index (κ1) is 8.89. The Kier molecular flexibility index (Phi) is 4.41. The second-order valence-electron chi connectivity index (χ2n) is 2.88. The van der Waals surface area contributed by atoms with Crippen LogP contribution < -0.4 is 5.32 Å². The Bertz CT molecular complexity index is 136. The van der Waals surface area contributed by atoms with Crippen LogP contribution in [-0.2, 0) is 0 Å². The second-order valence-corrected chi connectivity index (χ2v) is 3.75. The molecule has 0 amide bonds. The van der Waals surface area contributed by atoms with E-state index in [1.54, 1.807) is 0 Å². The molecule has 1 atom stereocenters. The first-order valence-corrected chi connectivity index (χ1v) is 5.16. The van der Waals surface area contributed by atoms with Crippen LogP contribution in [0.1, 0.15) is 25.7 Å². The largest absolute Gasteiger partial charge is 0.314 e. The van der Waals surface area contributed by atoms with E-state index >= 15 is 0 Å². The molecule has 0 aromatic rings. The molecule has 1 saturated heterocycles. The summed E-state index contributed by atoms with van der Waals surface area (Å²) in [7, 11) is 0. The molecule has 1 rings (SSSR count). The number of thioether (sulfide) groups is 1. The van der Waals surface area contributed by atoms with Gasteiger partial charge in [0.25, 0.3) is 0 Å². The number of hydrogen-bond acceptors (Lipinski definition) is 3. The van der Waals surface area contributed by atoms with Crippen molar-refractivity contribution in [3.8, 4) is 5.40 Å². The van der Waals surface area contributed by atoms with Crippen molar-refractivity contribution in [2.75, 3.05) is 12.3 Å². The molecule has 1 aliphatic rings. The standard InChI is InChI=1S/C8H14N2S/c9-7-11-6-4-8-3-1-2-5-10-8/h8,10H,1-6H2. The minimum Gasteiger partial charge on any atom is -0.314 e. The first-order valence-electron chi connectivity index (χ1n) is 4.18. The molecule has 0 aromatic carbocycles. The van der Waals surface area contributed by atoms with Crippen molar-refractivity contribution in [1.29, 1.82) is 5.26 Å². The van der Waals surface area contributed by atoms with Gasteiger partial charge in [-0.3, -0.25) is 0 Å². The maximum absolute atomic E-state index is 8.29. The molecule has 1 heterocycles. The SMILES string of the molecule is N#CSCCC1CCCCN1. The van der Waals surface area contributed by atoms with E-state index in [0.29, 0.717) is 6.04 Å². The Balaban J connectivity index is 2.01. The summed E-state index contributed by atoms with van der Waals surface area (Å²) in [6, 6.07) is 0.685. The molecule has 0 aromatic heterocycles. The zero-order valence-electron chi connectivity index (χ0n) is 6.68. The van der Waals surface area contributed by atoms with Crippen LogP contribution in [0.3, 0.4) is 0 Å². The van der Waals surface area contributed by atoms with Gasteiger partial charge >= 0.3 is 0 Å². The van der Waals surface area contributed by atoms with Gasteiger partial charge in [-0.05, 0) is 37.6 Å². The van der Waals surface area contributed by atoms with Gasteiger partial charge in [-0.1, -0.05) is 6.42 Å². The Labute approximate surface area is 72.4 Å². The topological polar surface area (TPSA) is 35.8 Å². The zero-order valence-corrected chi connectivity index (χ0v) is 7.49. The molecular weight excluding hydrogens is 156 g/mol. The van der Waals surface area contributed by atoms with E-state index in [2.05, 4.69) is 10.7 Å². The van der Waals surface area contributed by atoms with Crippen molar-refractivity contribution in [3.63, 3.8) is 0 Å². The minimum absolute atomic E-state index is 0.685. The summed E-state index contributed by atoms with van der Waals surface area (Å²) in [4.78, 5) is 0. The fraction of sp³-hybridized carbons (Fsp3) is 0.875. The predicted octanol–water partition coefficient (Wildman–Crippen LogP) is 1.73. The van der Waals surface area contributed by atoms with Gasteiger partial charge in [0.1, 0.15) is 5.40 Å². The van der Waals surface area contributed by atoms with Gasteiger partial charge in [0.05, 0.1) is 0 Å². The lowest BCUT2D eigenvalue weighted by Crippen LogP contribution is -2.34. The van der Waals surface area contributed by atoms with Crippen LogP contribution in [0.5, 0.6) is 0 Å². The molecule has 2 nitrogen and oxygen atoms in total. The minimum atomic E-state index is 0.685. The second kappa shape index (κ2) is 5.45. The molecule has 0 bridgehead atoms. The summed E-state index contributed by atoms with van der Waals surface area (Å²) in [5.74, 6) is 0.980. The highest BCUT2D eigenvalue weighted by molar-refractivity contribution is 8.03. The number of rotatable bonds is 3. The Morgan fingerprint density at radius 3 is 3.09 bits per heavy atom. The molecule has 3 heteroatoms. The average molecular weight is 170 g/mol. The van der Waals surface area contributed by atoms with Gasteiger partial charge in [-0.15, -0.1) is 0 Å². The highest BCUT2D eigenvalue weighted by atomic mass is 32.2. The van der Waals surface area contributed by atoms with E-state index < -0.39 is 0 Å². The van der Waals surface area contributed by atoms with E-state index in [0.717, 1.165) is 12.2 Å². The van der Waals surface area contributed by atoms with E-state index in [-0.39, 0.29) is 0 Å². The third-order valence-corrected chi connectivity index (χ3v) is 2.61. The van der Waals surface area contributed by atoms with Crippen molar-refractivity contribution in [3.05, 3.63) is 0 Å². The van der Waals surface area contributed by atoms with Crippen LogP contribution >= 0.6 is 11.8 Å². The maximum Gasteiger partial charge on any atom is 0.133 e. The van der Waals surface area contributed by atoms with Crippen molar-refractivity contribution in [1.82, 2.24) is 5.32 Å². The summed E-state index contributed by atoms with van der Waals surface area (Å²) in [5, 5.41) is 13.8. The molecule has 0 aliphatic carbocycles. The zero-order chi connectivity index (χ0) is 7.94. The highest BCUT2D eigenvalue weighted by Gasteiger charge is 2.11. The van der Waals surface area contributed by atoms with Crippen LogP contribution in [0.15, 0.2) is 0 Å².